The third kappa shape index (κ3) is 2.72. The monoisotopic (exact) mass is 356 g/mol. The van der Waals surface area contributed by atoms with Gasteiger partial charge in [0.2, 0.25) is 5.13 Å². The average Bonchev–Trinajstić information content (AvgIpc) is 2.98. The van der Waals surface area contributed by atoms with E-state index in [0.717, 1.165) is 15.6 Å². The molecular weight excluding hydrogens is 347 g/mol. The Morgan fingerprint density at radius 3 is 2.52 bits per heavy atom. The van der Waals surface area contributed by atoms with Gasteiger partial charge in [-0.15, -0.1) is 0 Å². The predicted octanol–water partition coefficient (Wildman–Crippen LogP) is 6.51. The second kappa shape index (κ2) is 5.93. The fraction of sp³-hybridized carbons (Fsp3) is 0. The fourth-order valence-electron chi connectivity index (χ4n) is 2.46. The van der Waals surface area contributed by atoms with Crippen LogP contribution in [0.15, 0.2) is 59.6 Å². The molecule has 4 rings (SSSR count). The van der Waals surface area contributed by atoms with Gasteiger partial charge in [-0.3, -0.25) is 0 Å². The minimum absolute atomic E-state index is 0.577. The van der Waals surface area contributed by atoms with E-state index in [2.05, 4.69) is 34.2 Å². The number of aromatic nitrogens is 1. The highest BCUT2D eigenvalue weighted by molar-refractivity contribution is 7.22. The van der Waals surface area contributed by atoms with Crippen LogP contribution in [0, 0.1) is 0 Å². The molecule has 1 aromatic heterocycles. The fourth-order valence-corrected chi connectivity index (χ4v) is 3.78. The number of nitrogens with zero attached hydrogens (tertiary/aromatic N) is 2. The van der Waals surface area contributed by atoms with Crippen molar-refractivity contribution in [2.24, 2.45) is 4.99 Å². The van der Waals surface area contributed by atoms with Crippen molar-refractivity contribution in [1.82, 2.24) is 4.98 Å². The summed E-state index contributed by atoms with van der Waals surface area (Å²) in [6.45, 7) is 0. The largest absolute Gasteiger partial charge is 0.227 e. The number of rotatable bonds is 2. The lowest BCUT2D eigenvalue weighted by atomic mass is 10.1. The zero-order valence-corrected chi connectivity index (χ0v) is 14.2. The highest BCUT2D eigenvalue weighted by Gasteiger charge is 2.07. The minimum atomic E-state index is 0.577. The molecule has 0 radical (unpaired) electrons. The first kappa shape index (κ1) is 14.6. The molecule has 2 nitrogen and oxygen atoms in total. The topological polar surface area (TPSA) is 25.2 Å². The van der Waals surface area contributed by atoms with Gasteiger partial charge in [0.25, 0.3) is 0 Å². The SMILES string of the molecule is Clc1cccc(Cl)c1C=Nc1nc2c(ccc3ccccc32)s1. The Morgan fingerprint density at radius 1 is 0.913 bits per heavy atom. The van der Waals surface area contributed by atoms with Crippen molar-refractivity contribution in [1.29, 1.82) is 0 Å². The number of halogens is 2. The van der Waals surface area contributed by atoms with E-state index in [1.54, 1.807) is 29.7 Å². The number of aliphatic imine (C=N–C) groups is 1. The lowest BCUT2D eigenvalue weighted by molar-refractivity contribution is 1.42. The van der Waals surface area contributed by atoms with Crippen molar-refractivity contribution in [3.63, 3.8) is 0 Å². The van der Waals surface area contributed by atoms with Crippen LogP contribution in [0.5, 0.6) is 0 Å². The molecule has 0 N–H and O–H groups in total. The first-order chi connectivity index (χ1) is 11.2. The van der Waals surface area contributed by atoms with E-state index in [1.165, 1.54) is 5.39 Å². The third-order valence-corrected chi connectivity index (χ3v) is 5.16. The second-order valence-electron chi connectivity index (χ2n) is 5.02. The first-order valence-electron chi connectivity index (χ1n) is 6.99. The maximum atomic E-state index is 6.16. The molecule has 0 spiro atoms. The molecular formula is C18H10Cl2N2S. The van der Waals surface area contributed by atoms with Crippen molar-refractivity contribution >= 4 is 66.9 Å². The van der Waals surface area contributed by atoms with Gasteiger partial charge in [0.05, 0.1) is 20.3 Å². The number of hydrogen-bond donors (Lipinski definition) is 0. The van der Waals surface area contributed by atoms with E-state index in [4.69, 9.17) is 23.2 Å². The summed E-state index contributed by atoms with van der Waals surface area (Å²) in [5.41, 5.74) is 1.69. The Hall–Kier alpha value is -1.94. The van der Waals surface area contributed by atoms with Crippen molar-refractivity contribution in [2.75, 3.05) is 0 Å². The molecule has 112 valence electrons. The second-order valence-corrected chi connectivity index (χ2v) is 6.85. The summed E-state index contributed by atoms with van der Waals surface area (Å²) in [4.78, 5) is 9.11. The van der Waals surface area contributed by atoms with Gasteiger partial charge in [-0.2, -0.15) is 0 Å². The normalized spacial score (nSPS) is 11.7. The molecule has 0 atom stereocenters. The maximum Gasteiger partial charge on any atom is 0.210 e. The lowest BCUT2D eigenvalue weighted by Gasteiger charge is -1.99. The molecule has 0 aliphatic carbocycles. The number of benzene rings is 3. The van der Waals surface area contributed by atoms with Crippen LogP contribution < -0.4 is 0 Å². The molecule has 0 fully saturated rings. The summed E-state index contributed by atoms with van der Waals surface area (Å²) in [5.74, 6) is 0. The van der Waals surface area contributed by atoms with Gasteiger partial charge in [0, 0.05) is 17.2 Å². The van der Waals surface area contributed by atoms with E-state index in [-0.39, 0.29) is 0 Å². The zero-order chi connectivity index (χ0) is 15.8. The molecule has 1 heterocycles. The molecule has 23 heavy (non-hydrogen) atoms. The lowest BCUT2D eigenvalue weighted by Crippen LogP contribution is -1.84. The Bertz CT molecular complexity index is 1030. The third-order valence-electron chi connectivity index (χ3n) is 3.58. The molecule has 5 heteroatoms. The van der Waals surface area contributed by atoms with Crippen LogP contribution in [0.1, 0.15) is 5.56 Å². The Morgan fingerprint density at radius 2 is 1.70 bits per heavy atom. The molecule has 0 amide bonds. The number of thiazole rings is 1. The Kier molecular flexibility index (Phi) is 3.77. The predicted molar refractivity (Wildman–Crippen MR) is 101 cm³/mol. The summed E-state index contributed by atoms with van der Waals surface area (Å²) < 4.78 is 1.11. The van der Waals surface area contributed by atoms with E-state index < -0.39 is 0 Å². The summed E-state index contributed by atoms with van der Waals surface area (Å²) in [6, 6.07) is 17.8. The van der Waals surface area contributed by atoms with Crippen LogP contribution in [0.3, 0.4) is 0 Å². The van der Waals surface area contributed by atoms with Gasteiger partial charge in [0.15, 0.2) is 0 Å². The van der Waals surface area contributed by atoms with Crippen LogP contribution >= 0.6 is 34.5 Å². The van der Waals surface area contributed by atoms with E-state index in [9.17, 15) is 0 Å². The Balaban J connectivity index is 1.81. The van der Waals surface area contributed by atoms with Crippen molar-refractivity contribution < 1.29 is 0 Å². The summed E-state index contributed by atoms with van der Waals surface area (Å²) in [5, 5.41) is 4.15. The summed E-state index contributed by atoms with van der Waals surface area (Å²) in [7, 11) is 0. The van der Waals surface area contributed by atoms with Gasteiger partial charge in [-0.1, -0.05) is 70.9 Å². The smallest absolute Gasteiger partial charge is 0.210 e. The Labute approximate surface area is 147 Å². The first-order valence-corrected chi connectivity index (χ1v) is 8.56. The highest BCUT2D eigenvalue weighted by Crippen LogP contribution is 2.33. The van der Waals surface area contributed by atoms with Crippen molar-refractivity contribution in [3.8, 4) is 0 Å². The maximum absolute atomic E-state index is 6.16. The molecule has 0 bridgehead atoms. The molecule has 0 saturated heterocycles. The van der Waals surface area contributed by atoms with Gasteiger partial charge >= 0.3 is 0 Å². The zero-order valence-electron chi connectivity index (χ0n) is 11.8. The molecule has 0 unspecified atom stereocenters. The van der Waals surface area contributed by atoms with Crippen molar-refractivity contribution in [3.05, 3.63) is 70.2 Å². The molecule has 0 aliphatic heterocycles. The number of fused-ring (bicyclic) bond motifs is 3. The van der Waals surface area contributed by atoms with Crippen LogP contribution in [0.2, 0.25) is 10.0 Å². The average molecular weight is 357 g/mol. The van der Waals surface area contributed by atoms with Crippen LogP contribution in [0.4, 0.5) is 5.13 Å². The van der Waals surface area contributed by atoms with Gasteiger partial charge in [0.1, 0.15) is 0 Å². The van der Waals surface area contributed by atoms with E-state index >= 15 is 0 Å². The standard InChI is InChI=1S/C18H10Cl2N2S/c19-14-6-3-7-15(20)13(14)10-21-18-22-17-12-5-2-1-4-11(12)8-9-16(17)23-18/h1-10H. The summed E-state index contributed by atoms with van der Waals surface area (Å²) >= 11 is 13.9. The van der Waals surface area contributed by atoms with E-state index in [1.807, 2.05) is 18.2 Å². The van der Waals surface area contributed by atoms with Gasteiger partial charge < -0.3 is 0 Å². The van der Waals surface area contributed by atoms with Crippen LogP contribution in [-0.4, -0.2) is 11.2 Å². The minimum Gasteiger partial charge on any atom is -0.227 e. The van der Waals surface area contributed by atoms with Crippen molar-refractivity contribution in [2.45, 2.75) is 0 Å². The van der Waals surface area contributed by atoms with E-state index in [0.29, 0.717) is 20.7 Å². The van der Waals surface area contributed by atoms with Gasteiger partial charge in [-0.05, 0) is 23.6 Å². The van der Waals surface area contributed by atoms with Crippen LogP contribution in [-0.2, 0) is 0 Å². The molecule has 0 aliphatic rings. The highest BCUT2D eigenvalue weighted by atomic mass is 35.5. The molecule has 0 saturated carbocycles. The quantitative estimate of drug-likeness (QED) is 0.376. The van der Waals surface area contributed by atoms with Gasteiger partial charge in [-0.25, -0.2) is 9.98 Å². The molecule has 4 aromatic rings. The number of hydrogen-bond acceptors (Lipinski definition) is 3. The van der Waals surface area contributed by atoms with Crippen LogP contribution in [0.25, 0.3) is 21.0 Å². The summed E-state index contributed by atoms with van der Waals surface area (Å²) in [6.07, 6.45) is 1.67. The molecule has 3 aromatic carbocycles.